The van der Waals surface area contributed by atoms with E-state index in [1.54, 1.807) is 13.3 Å². The van der Waals surface area contributed by atoms with E-state index in [-0.39, 0.29) is 12.3 Å². The molecule has 0 fully saturated rings. The molecule has 1 amide bonds. The molecule has 2 N–H and O–H groups in total. The number of rotatable bonds is 7. The van der Waals surface area contributed by atoms with Gasteiger partial charge < -0.3 is 14.6 Å². The molecule has 0 spiro atoms. The van der Waals surface area contributed by atoms with E-state index in [9.17, 15) is 4.79 Å². The number of aromatic nitrogens is 5. The standard InChI is InChI=1S/C19H18N6O3/c1-27-15-7-3-2-5-13(15)19-22-17(28-25-19)9-8-16(26)21-11-14-12-6-4-10-20-18(12)24-23-14/h2-7,10H,8-9,11H2,1H3,(H,21,26)(H,20,23,24). The number of ether oxygens (including phenoxy) is 1. The van der Waals surface area contributed by atoms with E-state index in [0.717, 1.165) is 16.6 Å². The summed E-state index contributed by atoms with van der Waals surface area (Å²) in [5.74, 6) is 1.37. The summed E-state index contributed by atoms with van der Waals surface area (Å²) >= 11 is 0. The minimum absolute atomic E-state index is 0.122. The van der Waals surface area contributed by atoms with Crippen molar-refractivity contribution in [1.29, 1.82) is 0 Å². The van der Waals surface area contributed by atoms with Crippen LogP contribution in [0.15, 0.2) is 47.1 Å². The maximum Gasteiger partial charge on any atom is 0.227 e. The first kappa shape index (κ1) is 17.7. The molecule has 1 aromatic carbocycles. The van der Waals surface area contributed by atoms with Gasteiger partial charge in [0, 0.05) is 24.4 Å². The number of fused-ring (bicyclic) bond motifs is 1. The summed E-state index contributed by atoms with van der Waals surface area (Å²) in [7, 11) is 1.59. The number of hydrogen-bond donors (Lipinski definition) is 2. The second-order valence-electron chi connectivity index (χ2n) is 6.07. The summed E-state index contributed by atoms with van der Waals surface area (Å²) in [5.41, 5.74) is 2.18. The zero-order valence-electron chi connectivity index (χ0n) is 15.2. The Morgan fingerprint density at radius 2 is 2.14 bits per heavy atom. The van der Waals surface area contributed by atoms with Crippen molar-refractivity contribution in [2.75, 3.05) is 7.11 Å². The van der Waals surface area contributed by atoms with Crippen LogP contribution < -0.4 is 10.1 Å². The molecule has 4 aromatic rings. The quantitative estimate of drug-likeness (QED) is 0.506. The molecular weight excluding hydrogens is 360 g/mol. The highest BCUT2D eigenvalue weighted by Gasteiger charge is 2.14. The molecule has 0 radical (unpaired) electrons. The van der Waals surface area contributed by atoms with Crippen molar-refractivity contribution >= 4 is 16.9 Å². The van der Waals surface area contributed by atoms with Crippen LogP contribution in [0.3, 0.4) is 0 Å². The summed E-state index contributed by atoms with van der Waals surface area (Å²) in [5, 5.41) is 14.7. The van der Waals surface area contributed by atoms with Gasteiger partial charge in [0.25, 0.3) is 0 Å². The van der Waals surface area contributed by atoms with Crippen molar-refractivity contribution in [2.24, 2.45) is 0 Å². The number of methoxy groups -OCH3 is 1. The molecule has 0 aliphatic heterocycles. The lowest BCUT2D eigenvalue weighted by atomic mass is 10.2. The van der Waals surface area contributed by atoms with Crippen LogP contribution in [0, 0.1) is 0 Å². The maximum absolute atomic E-state index is 12.2. The monoisotopic (exact) mass is 378 g/mol. The molecule has 9 nitrogen and oxygen atoms in total. The van der Waals surface area contributed by atoms with E-state index in [1.807, 2.05) is 36.4 Å². The molecular formula is C19H18N6O3. The van der Waals surface area contributed by atoms with Crippen molar-refractivity contribution in [1.82, 2.24) is 30.6 Å². The fraction of sp³-hybridized carbons (Fsp3) is 0.211. The van der Waals surface area contributed by atoms with Gasteiger partial charge in [0.1, 0.15) is 5.75 Å². The van der Waals surface area contributed by atoms with E-state index in [2.05, 4.69) is 30.6 Å². The maximum atomic E-state index is 12.2. The predicted molar refractivity (Wildman–Crippen MR) is 100 cm³/mol. The van der Waals surface area contributed by atoms with E-state index >= 15 is 0 Å². The van der Waals surface area contributed by atoms with Crippen molar-refractivity contribution in [2.45, 2.75) is 19.4 Å². The molecule has 0 atom stereocenters. The Morgan fingerprint density at radius 3 is 3.04 bits per heavy atom. The lowest BCUT2D eigenvalue weighted by Gasteiger charge is -2.03. The number of aryl methyl sites for hydroxylation is 1. The van der Waals surface area contributed by atoms with Gasteiger partial charge in [-0.05, 0) is 24.3 Å². The van der Waals surface area contributed by atoms with Crippen LogP contribution in [0.2, 0.25) is 0 Å². The smallest absolute Gasteiger partial charge is 0.227 e. The first-order valence-electron chi connectivity index (χ1n) is 8.75. The van der Waals surface area contributed by atoms with Gasteiger partial charge in [-0.1, -0.05) is 17.3 Å². The molecule has 0 saturated carbocycles. The third-order valence-electron chi connectivity index (χ3n) is 4.25. The van der Waals surface area contributed by atoms with Crippen LogP contribution in [0.1, 0.15) is 18.0 Å². The number of hydrogen-bond acceptors (Lipinski definition) is 7. The van der Waals surface area contributed by atoms with Gasteiger partial charge in [-0.15, -0.1) is 0 Å². The first-order valence-corrected chi connectivity index (χ1v) is 8.75. The summed E-state index contributed by atoms with van der Waals surface area (Å²) in [6, 6.07) is 11.2. The van der Waals surface area contributed by atoms with E-state index in [0.29, 0.717) is 36.1 Å². The largest absolute Gasteiger partial charge is 0.496 e. The van der Waals surface area contributed by atoms with Gasteiger partial charge in [-0.2, -0.15) is 10.1 Å². The number of pyridine rings is 1. The summed E-state index contributed by atoms with van der Waals surface area (Å²) in [6.45, 7) is 0.345. The second kappa shape index (κ2) is 7.87. The summed E-state index contributed by atoms with van der Waals surface area (Å²) in [4.78, 5) is 20.7. The number of nitrogens with one attached hydrogen (secondary N) is 2. The molecule has 3 heterocycles. The van der Waals surface area contributed by atoms with Crippen molar-refractivity contribution in [3.63, 3.8) is 0 Å². The highest BCUT2D eigenvalue weighted by atomic mass is 16.5. The zero-order valence-corrected chi connectivity index (χ0v) is 15.2. The fourth-order valence-corrected chi connectivity index (χ4v) is 2.83. The number of carbonyl (C=O) groups excluding carboxylic acids is 1. The Bertz CT molecular complexity index is 1100. The zero-order chi connectivity index (χ0) is 19.3. The minimum atomic E-state index is -0.122. The van der Waals surface area contributed by atoms with Crippen LogP contribution in [0.5, 0.6) is 5.75 Å². The molecule has 4 rings (SSSR count). The first-order chi connectivity index (χ1) is 13.7. The van der Waals surface area contributed by atoms with Gasteiger partial charge in [0.15, 0.2) is 5.65 Å². The molecule has 0 unspecified atom stereocenters. The topological polar surface area (TPSA) is 119 Å². The molecule has 142 valence electrons. The molecule has 0 bridgehead atoms. The van der Waals surface area contributed by atoms with Crippen molar-refractivity contribution < 1.29 is 14.1 Å². The fourth-order valence-electron chi connectivity index (χ4n) is 2.83. The van der Waals surface area contributed by atoms with Gasteiger partial charge in [0.05, 0.1) is 24.9 Å². The SMILES string of the molecule is COc1ccccc1-c1noc(CCC(=O)NCc2[nH]nc3ncccc23)n1. The third kappa shape index (κ3) is 3.68. The highest BCUT2D eigenvalue weighted by molar-refractivity contribution is 5.79. The van der Waals surface area contributed by atoms with Gasteiger partial charge in [-0.3, -0.25) is 9.89 Å². The average Bonchev–Trinajstić information content (AvgIpc) is 3.38. The molecule has 9 heteroatoms. The van der Waals surface area contributed by atoms with Crippen molar-refractivity contribution in [3.05, 3.63) is 54.2 Å². The Morgan fingerprint density at radius 1 is 1.25 bits per heavy atom. The Labute approximate surface area is 160 Å². The molecule has 0 aliphatic rings. The van der Waals surface area contributed by atoms with Crippen LogP contribution in [0.25, 0.3) is 22.4 Å². The number of aromatic amines is 1. The van der Waals surface area contributed by atoms with E-state index < -0.39 is 0 Å². The van der Waals surface area contributed by atoms with Crippen LogP contribution in [-0.4, -0.2) is 38.3 Å². The number of benzene rings is 1. The summed E-state index contributed by atoms with van der Waals surface area (Å²) < 4.78 is 10.6. The van der Waals surface area contributed by atoms with E-state index in [4.69, 9.17) is 9.26 Å². The highest BCUT2D eigenvalue weighted by Crippen LogP contribution is 2.27. The Balaban J connectivity index is 1.33. The number of amides is 1. The minimum Gasteiger partial charge on any atom is -0.496 e. The van der Waals surface area contributed by atoms with Gasteiger partial charge in [0.2, 0.25) is 17.6 Å². The second-order valence-corrected chi connectivity index (χ2v) is 6.07. The molecule has 0 aliphatic carbocycles. The summed E-state index contributed by atoms with van der Waals surface area (Å²) in [6.07, 6.45) is 2.26. The lowest BCUT2D eigenvalue weighted by molar-refractivity contribution is -0.121. The van der Waals surface area contributed by atoms with Crippen molar-refractivity contribution in [3.8, 4) is 17.1 Å². The molecule has 0 saturated heterocycles. The molecule has 28 heavy (non-hydrogen) atoms. The Kier molecular flexibility index (Phi) is 4.96. The number of nitrogens with zero attached hydrogens (tertiary/aromatic N) is 4. The number of para-hydroxylation sites is 1. The van der Waals surface area contributed by atoms with Gasteiger partial charge >= 0.3 is 0 Å². The van der Waals surface area contributed by atoms with Crippen LogP contribution >= 0.6 is 0 Å². The third-order valence-corrected chi connectivity index (χ3v) is 4.25. The van der Waals surface area contributed by atoms with E-state index in [1.165, 1.54) is 0 Å². The number of carbonyl (C=O) groups is 1. The predicted octanol–water partition coefficient (Wildman–Crippen LogP) is 2.27. The lowest BCUT2D eigenvalue weighted by Crippen LogP contribution is -2.23. The Hall–Kier alpha value is -3.75. The molecule has 3 aromatic heterocycles. The van der Waals surface area contributed by atoms with Crippen LogP contribution in [0.4, 0.5) is 0 Å². The van der Waals surface area contributed by atoms with Gasteiger partial charge in [-0.25, -0.2) is 4.98 Å². The van der Waals surface area contributed by atoms with Crippen LogP contribution in [-0.2, 0) is 17.8 Å². The average molecular weight is 378 g/mol. The number of H-pyrrole nitrogens is 1. The normalized spacial score (nSPS) is 10.9.